The van der Waals surface area contributed by atoms with Gasteiger partial charge in [0.1, 0.15) is 17.2 Å². The summed E-state index contributed by atoms with van der Waals surface area (Å²) in [4.78, 5) is 39.6. The Morgan fingerprint density at radius 1 is 0.810 bits per heavy atom. The van der Waals surface area contributed by atoms with Crippen LogP contribution in [-0.4, -0.2) is 37.7 Å². The van der Waals surface area contributed by atoms with E-state index in [2.05, 4.69) is 16.0 Å². The Kier molecular flexibility index (Phi) is 10.6. The minimum absolute atomic E-state index is 0.0830. The standard InChI is InChI=1S/C32H28ClN3O5S/c1-40-28-19-29(41-2)26(18-25(28)33)35-30(37)20-42-24-15-9-14-23(17-24)34-32(39)27(16-21-10-5-3-6-11-21)36-31(38)22-12-7-4-8-13-22/h3-19H,20H2,1-2H3,(H,34,39)(H,35,37)(H,36,38)/b27-16-. The zero-order valence-corrected chi connectivity index (χ0v) is 24.4. The zero-order valence-electron chi connectivity index (χ0n) is 22.8. The van der Waals surface area contributed by atoms with Gasteiger partial charge in [0.15, 0.2) is 0 Å². The van der Waals surface area contributed by atoms with E-state index < -0.39 is 11.8 Å². The summed E-state index contributed by atoms with van der Waals surface area (Å²) in [5.41, 5.74) is 2.18. The first-order valence-electron chi connectivity index (χ1n) is 12.7. The molecule has 0 atom stereocenters. The molecule has 0 aliphatic heterocycles. The van der Waals surface area contributed by atoms with Gasteiger partial charge in [0.25, 0.3) is 11.8 Å². The number of hydrogen-bond donors (Lipinski definition) is 3. The molecule has 4 aromatic rings. The summed E-state index contributed by atoms with van der Waals surface area (Å²) >= 11 is 7.49. The first kappa shape index (κ1) is 30.2. The lowest BCUT2D eigenvalue weighted by Crippen LogP contribution is -2.30. The smallest absolute Gasteiger partial charge is 0.272 e. The maximum atomic E-state index is 13.3. The number of halogens is 1. The summed E-state index contributed by atoms with van der Waals surface area (Å²) in [6.45, 7) is 0. The third kappa shape index (κ3) is 8.39. The number of amides is 3. The highest BCUT2D eigenvalue weighted by Gasteiger charge is 2.16. The predicted molar refractivity (Wildman–Crippen MR) is 167 cm³/mol. The second-order valence-corrected chi connectivity index (χ2v) is 10.3. The number of carbonyl (C=O) groups excluding carboxylic acids is 3. The van der Waals surface area contributed by atoms with Gasteiger partial charge in [-0.15, -0.1) is 11.8 Å². The molecule has 0 saturated heterocycles. The lowest BCUT2D eigenvalue weighted by atomic mass is 10.1. The van der Waals surface area contributed by atoms with Gasteiger partial charge in [0.2, 0.25) is 5.91 Å². The number of benzene rings is 4. The van der Waals surface area contributed by atoms with Gasteiger partial charge in [-0.25, -0.2) is 0 Å². The fraction of sp³-hybridized carbons (Fsp3) is 0.0938. The predicted octanol–water partition coefficient (Wildman–Crippen LogP) is 6.50. The van der Waals surface area contributed by atoms with Crippen LogP contribution in [0.15, 0.2) is 108 Å². The maximum Gasteiger partial charge on any atom is 0.272 e. The van der Waals surface area contributed by atoms with Crippen LogP contribution in [-0.2, 0) is 9.59 Å². The maximum absolute atomic E-state index is 13.3. The molecule has 0 unspecified atom stereocenters. The summed E-state index contributed by atoms with van der Waals surface area (Å²) in [5, 5.41) is 8.70. The normalized spacial score (nSPS) is 10.9. The van der Waals surface area contributed by atoms with Crippen LogP contribution in [0.2, 0.25) is 5.02 Å². The Morgan fingerprint density at radius 3 is 2.19 bits per heavy atom. The molecule has 0 saturated carbocycles. The molecule has 4 rings (SSSR count). The molecule has 214 valence electrons. The first-order chi connectivity index (χ1) is 20.4. The van der Waals surface area contributed by atoms with Crippen LogP contribution in [0.3, 0.4) is 0 Å². The van der Waals surface area contributed by atoms with Gasteiger partial charge < -0.3 is 25.4 Å². The monoisotopic (exact) mass is 601 g/mol. The third-order valence-electron chi connectivity index (χ3n) is 5.85. The number of hydrogen-bond acceptors (Lipinski definition) is 6. The van der Waals surface area contributed by atoms with Crippen LogP contribution < -0.4 is 25.4 Å². The SMILES string of the molecule is COc1cc(OC)c(NC(=O)CSc2cccc(NC(=O)/C(=C/c3ccccc3)NC(=O)c3ccccc3)c2)cc1Cl. The van der Waals surface area contributed by atoms with Crippen LogP contribution in [0.25, 0.3) is 6.08 Å². The number of thioether (sulfide) groups is 1. The summed E-state index contributed by atoms with van der Waals surface area (Å²) in [5.74, 6) is -0.231. The molecule has 3 amide bonds. The van der Waals surface area contributed by atoms with E-state index in [-0.39, 0.29) is 17.4 Å². The van der Waals surface area contributed by atoms with Crippen molar-refractivity contribution < 1.29 is 23.9 Å². The molecule has 0 heterocycles. The number of carbonyl (C=O) groups is 3. The van der Waals surface area contributed by atoms with E-state index >= 15 is 0 Å². The average Bonchev–Trinajstić information content (AvgIpc) is 3.01. The molecule has 4 aromatic carbocycles. The number of nitrogens with one attached hydrogen (secondary N) is 3. The summed E-state index contributed by atoms with van der Waals surface area (Å²) < 4.78 is 10.5. The van der Waals surface area contributed by atoms with Crippen molar-refractivity contribution >= 4 is 58.5 Å². The van der Waals surface area contributed by atoms with Gasteiger partial charge in [-0.1, -0.05) is 66.2 Å². The van der Waals surface area contributed by atoms with Crippen molar-refractivity contribution in [2.45, 2.75) is 4.90 Å². The van der Waals surface area contributed by atoms with Crippen molar-refractivity contribution in [3.63, 3.8) is 0 Å². The van der Waals surface area contributed by atoms with Crippen LogP contribution in [0, 0.1) is 0 Å². The van der Waals surface area contributed by atoms with Crippen molar-refractivity contribution in [3.05, 3.63) is 119 Å². The molecule has 0 bridgehead atoms. The lowest BCUT2D eigenvalue weighted by Gasteiger charge is -2.13. The Labute approximate surface area is 253 Å². The Morgan fingerprint density at radius 2 is 1.50 bits per heavy atom. The minimum Gasteiger partial charge on any atom is -0.495 e. The second-order valence-electron chi connectivity index (χ2n) is 8.79. The van der Waals surface area contributed by atoms with Gasteiger partial charge in [-0.05, 0) is 48.0 Å². The minimum atomic E-state index is -0.494. The molecule has 10 heteroatoms. The highest BCUT2D eigenvalue weighted by atomic mass is 35.5. The summed E-state index contributed by atoms with van der Waals surface area (Å²) in [6.07, 6.45) is 1.61. The Bertz CT molecular complexity index is 1600. The molecule has 0 spiro atoms. The number of ether oxygens (including phenoxy) is 2. The average molecular weight is 602 g/mol. The molecule has 0 radical (unpaired) electrons. The molecule has 0 aliphatic rings. The van der Waals surface area contributed by atoms with Gasteiger partial charge in [0.05, 0.1) is 30.7 Å². The number of anilines is 2. The van der Waals surface area contributed by atoms with Crippen molar-refractivity contribution in [2.75, 3.05) is 30.6 Å². The second kappa shape index (κ2) is 14.8. The molecule has 0 aromatic heterocycles. The fourth-order valence-corrected chi connectivity index (χ4v) is 4.81. The summed E-state index contributed by atoms with van der Waals surface area (Å²) in [6, 6.07) is 28.1. The van der Waals surface area contributed by atoms with E-state index in [1.165, 1.54) is 26.0 Å². The highest BCUT2D eigenvalue weighted by Crippen LogP contribution is 2.36. The van der Waals surface area contributed by atoms with E-state index in [4.69, 9.17) is 21.1 Å². The van der Waals surface area contributed by atoms with Crippen molar-refractivity contribution in [1.29, 1.82) is 0 Å². The molecule has 0 aliphatic carbocycles. The molecule has 42 heavy (non-hydrogen) atoms. The van der Waals surface area contributed by atoms with Crippen LogP contribution in [0.4, 0.5) is 11.4 Å². The summed E-state index contributed by atoms with van der Waals surface area (Å²) in [7, 11) is 2.98. The quantitative estimate of drug-likeness (QED) is 0.134. The lowest BCUT2D eigenvalue weighted by molar-refractivity contribution is -0.114. The number of methoxy groups -OCH3 is 2. The Balaban J connectivity index is 1.43. The van der Waals surface area contributed by atoms with Gasteiger partial charge >= 0.3 is 0 Å². The zero-order chi connectivity index (χ0) is 29.9. The van der Waals surface area contributed by atoms with Crippen LogP contribution >= 0.6 is 23.4 Å². The number of rotatable bonds is 11. The molecule has 0 fully saturated rings. The topological polar surface area (TPSA) is 106 Å². The molecular weight excluding hydrogens is 574 g/mol. The third-order valence-corrected chi connectivity index (χ3v) is 7.14. The van der Waals surface area contributed by atoms with E-state index in [0.29, 0.717) is 33.5 Å². The molecule has 3 N–H and O–H groups in total. The van der Waals surface area contributed by atoms with E-state index in [9.17, 15) is 14.4 Å². The van der Waals surface area contributed by atoms with Gasteiger partial charge in [-0.3, -0.25) is 14.4 Å². The van der Waals surface area contributed by atoms with Crippen LogP contribution in [0.5, 0.6) is 11.5 Å². The first-order valence-corrected chi connectivity index (χ1v) is 14.1. The highest BCUT2D eigenvalue weighted by molar-refractivity contribution is 8.00. The fourth-order valence-electron chi connectivity index (χ4n) is 3.81. The van der Waals surface area contributed by atoms with Gasteiger partial charge in [-0.2, -0.15) is 0 Å². The molecule has 8 nitrogen and oxygen atoms in total. The van der Waals surface area contributed by atoms with E-state index in [1.807, 2.05) is 42.5 Å². The van der Waals surface area contributed by atoms with E-state index in [1.54, 1.807) is 60.7 Å². The molecular formula is C32H28ClN3O5S. The van der Waals surface area contributed by atoms with Crippen molar-refractivity contribution in [3.8, 4) is 11.5 Å². The van der Waals surface area contributed by atoms with Crippen molar-refractivity contribution in [2.24, 2.45) is 0 Å². The van der Waals surface area contributed by atoms with E-state index in [0.717, 1.165) is 10.5 Å². The largest absolute Gasteiger partial charge is 0.495 e. The van der Waals surface area contributed by atoms with Crippen molar-refractivity contribution in [1.82, 2.24) is 5.32 Å². The van der Waals surface area contributed by atoms with Gasteiger partial charge in [0, 0.05) is 22.2 Å². The Hall–Kier alpha value is -4.73. The van der Waals surface area contributed by atoms with Crippen LogP contribution in [0.1, 0.15) is 15.9 Å².